The van der Waals surface area contributed by atoms with Crippen LogP contribution in [0.5, 0.6) is 0 Å². The molecule has 2 unspecified atom stereocenters. The lowest BCUT2D eigenvalue weighted by Gasteiger charge is -2.35. The van der Waals surface area contributed by atoms with Crippen molar-refractivity contribution in [1.82, 2.24) is 5.32 Å². The number of nitrogens with two attached hydrogens (primary N) is 1. The van der Waals surface area contributed by atoms with Gasteiger partial charge in [0.2, 0.25) is 0 Å². The maximum absolute atomic E-state index is 9.26. The molecule has 0 saturated heterocycles. The molecule has 0 spiro atoms. The van der Waals surface area contributed by atoms with Gasteiger partial charge in [-0.1, -0.05) is 103 Å². The molecule has 166 valence electrons. The van der Waals surface area contributed by atoms with Gasteiger partial charge < -0.3 is 16.5 Å². The molecule has 1 aliphatic rings. The maximum atomic E-state index is 9.26. The van der Waals surface area contributed by atoms with Crippen molar-refractivity contribution in [1.29, 1.82) is 10.8 Å². The van der Waals surface area contributed by atoms with Crippen LogP contribution in [0.1, 0.15) is 45.3 Å². The third-order valence-corrected chi connectivity index (χ3v) is 6.31. The average molecular weight is 443 g/mol. The monoisotopic (exact) mass is 442 g/mol. The molecule has 5 rings (SSSR count). The summed E-state index contributed by atoms with van der Waals surface area (Å²) in [4.78, 5) is 0. The smallest absolute Gasteiger partial charge is 0.122 e. The lowest BCUT2D eigenvalue weighted by atomic mass is 9.78. The summed E-state index contributed by atoms with van der Waals surface area (Å²) >= 11 is 0. The van der Waals surface area contributed by atoms with E-state index in [1.807, 2.05) is 78.9 Å². The molecule has 4 nitrogen and oxygen atoms in total. The molecule has 4 aromatic carbocycles. The minimum atomic E-state index is -0.204. The Kier molecular flexibility index (Phi) is 5.79. The Morgan fingerprint density at radius 3 is 2.12 bits per heavy atom. The van der Waals surface area contributed by atoms with E-state index < -0.39 is 0 Å². The van der Waals surface area contributed by atoms with E-state index >= 15 is 0 Å². The summed E-state index contributed by atoms with van der Waals surface area (Å²) in [7, 11) is 0. The second-order valence-corrected chi connectivity index (χ2v) is 8.47. The molecular weight excluding hydrogens is 416 g/mol. The van der Waals surface area contributed by atoms with Crippen molar-refractivity contribution in [2.45, 2.75) is 12.0 Å². The Hall–Kier alpha value is -4.44. The fourth-order valence-electron chi connectivity index (χ4n) is 4.64. The molecule has 1 aliphatic heterocycles. The molecule has 0 radical (unpaired) electrons. The van der Waals surface area contributed by atoms with Crippen LogP contribution in [0, 0.1) is 10.8 Å². The first-order chi connectivity index (χ1) is 16.6. The standard InChI is InChI=1S/C30H26N4/c31-28(21-12-5-2-6-13-21)27(20-10-3-1-4-11-20)29-25-17-8-7-14-22(25)19-26(34-29)23-15-9-16-24(18-23)30(32)33/h1-19,27,29,31,34H,(H3,32,33). The first-order valence-electron chi connectivity index (χ1n) is 11.3. The molecule has 4 aromatic rings. The molecule has 5 N–H and O–H groups in total. The SMILES string of the molecule is N=C(N)c1cccc(C2=Cc3ccccc3C(C(C(=N)c3ccccc3)c3ccccc3)N2)c1. The van der Waals surface area contributed by atoms with Gasteiger partial charge in [0.1, 0.15) is 5.84 Å². The van der Waals surface area contributed by atoms with Crippen LogP contribution < -0.4 is 11.1 Å². The largest absolute Gasteiger partial charge is 0.384 e. The van der Waals surface area contributed by atoms with Crippen molar-refractivity contribution < 1.29 is 0 Å². The Labute approximate surface area is 199 Å². The van der Waals surface area contributed by atoms with Gasteiger partial charge in [-0.2, -0.15) is 0 Å². The zero-order valence-electron chi connectivity index (χ0n) is 18.7. The topological polar surface area (TPSA) is 85.8 Å². The van der Waals surface area contributed by atoms with Crippen LogP contribution in [0.25, 0.3) is 11.8 Å². The van der Waals surface area contributed by atoms with Crippen LogP contribution in [-0.2, 0) is 0 Å². The summed E-state index contributed by atoms with van der Waals surface area (Å²) in [6.07, 6.45) is 2.14. The first kappa shape index (κ1) is 21.4. The van der Waals surface area contributed by atoms with E-state index in [9.17, 15) is 5.41 Å². The molecule has 0 aromatic heterocycles. The lowest BCUT2D eigenvalue weighted by molar-refractivity contribution is 0.588. The summed E-state index contributed by atoms with van der Waals surface area (Å²) in [5.41, 5.74) is 13.2. The number of benzene rings is 4. The fraction of sp³-hybridized carbons (Fsp3) is 0.0667. The second-order valence-electron chi connectivity index (χ2n) is 8.47. The van der Waals surface area contributed by atoms with Crippen molar-refractivity contribution in [2.75, 3.05) is 0 Å². The minimum absolute atomic E-state index is 0.0447. The van der Waals surface area contributed by atoms with Crippen LogP contribution in [0.2, 0.25) is 0 Å². The molecule has 0 bridgehead atoms. The van der Waals surface area contributed by atoms with Crippen LogP contribution in [0.3, 0.4) is 0 Å². The zero-order chi connectivity index (χ0) is 23.5. The molecule has 0 aliphatic carbocycles. The van der Waals surface area contributed by atoms with Gasteiger partial charge in [0.15, 0.2) is 0 Å². The highest BCUT2D eigenvalue weighted by molar-refractivity contribution is 6.04. The van der Waals surface area contributed by atoms with E-state index in [0.717, 1.165) is 33.5 Å². The Balaban J connectivity index is 1.64. The molecule has 0 amide bonds. The summed E-state index contributed by atoms with van der Waals surface area (Å²) < 4.78 is 0. The van der Waals surface area contributed by atoms with Crippen molar-refractivity contribution in [3.05, 3.63) is 143 Å². The molecule has 0 saturated carbocycles. The van der Waals surface area contributed by atoms with Gasteiger partial charge in [0.25, 0.3) is 0 Å². The molecule has 34 heavy (non-hydrogen) atoms. The molecule has 4 heteroatoms. The minimum Gasteiger partial charge on any atom is -0.384 e. The van der Waals surface area contributed by atoms with Gasteiger partial charge in [-0.15, -0.1) is 0 Å². The Bertz CT molecular complexity index is 1370. The van der Waals surface area contributed by atoms with E-state index in [0.29, 0.717) is 11.3 Å². The van der Waals surface area contributed by atoms with E-state index in [1.54, 1.807) is 0 Å². The van der Waals surface area contributed by atoms with Crippen LogP contribution >= 0.6 is 0 Å². The average Bonchev–Trinajstić information content (AvgIpc) is 2.90. The third kappa shape index (κ3) is 4.14. The van der Waals surface area contributed by atoms with Gasteiger partial charge in [-0.05, 0) is 40.0 Å². The van der Waals surface area contributed by atoms with E-state index in [4.69, 9.17) is 11.1 Å². The quantitative estimate of drug-likeness (QED) is 0.219. The Morgan fingerprint density at radius 1 is 0.735 bits per heavy atom. The van der Waals surface area contributed by atoms with Crippen molar-refractivity contribution in [2.24, 2.45) is 5.73 Å². The molecule has 2 atom stereocenters. The van der Waals surface area contributed by atoms with E-state index in [2.05, 4.69) is 41.7 Å². The molecular formula is C30H26N4. The van der Waals surface area contributed by atoms with E-state index in [-0.39, 0.29) is 17.8 Å². The predicted octanol–water partition coefficient (Wildman–Crippen LogP) is 5.96. The van der Waals surface area contributed by atoms with Gasteiger partial charge in [-0.3, -0.25) is 5.41 Å². The Morgan fingerprint density at radius 2 is 1.38 bits per heavy atom. The highest BCUT2D eigenvalue weighted by Gasteiger charge is 2.33. The molecule has 1 heterocycles. The zero-order valence-corrected chi connectivity index (χ0v) is 18.7. The third-order valence-electron chi connectivity index (χ3n) is 6.31. The van der Waals surface area contributed by atoms with Crippen LogP contribution in [0.15, 0.2) is 109 Å². The second kappa shape index (κ2) is 9.20. The summed E-state index contributed by atoms with van der Waals surface area (Å²) in [6, 6.07) is 36.1. The first-order valence-corrected chi connectivity index (χ1v) is 11.3. The maximum Gasteiger partial charge on any atom is 0.122 e. The van der Waals surface area contributed by atoms with Gasteiger partial charge in [0.05, 0.1) is 12.0 Å². The van der Waals surface area contributed by atoms with E-state index in [1.165, 1.54) is 0 Å². The van der Waals surface area contributed by atoms with Gasteiger partial charge >= 0.3 is 0 Å². The summed E-state index contributed by atoms with van der Waals surface area (Å²) in [6.45, 7) is 0. The number of nitrogens with one attached hydrogen (secondary N) is 3. The lowest BCUT2D eigenvalue weighted by Crippen LogP contribution is -2.33. The number of hydrogen-bond acceptors (Lipinski definition) is 3. The number of fused-ring (bicyclic) bond motifs is 1. The fourth-order valence-corrected chi connectivity index (χ4v) is 4.64. The number of rotatable bonds is 6. The van der Waals surface area contributed by atoms with Gasteiger partial charge in [-0.25, -0.2) is 0 Å². The molecule has 0 fully saturated rings. The highest BCUT2D eigenvalue weighted by Crippen LogP contribution is 2.40. The van der Waals surface area contributed by atoms with Gasteiger partial charge in [0, 0.05) is 17.0 Å². The van der Waals surface area contributed by atoms with Crippen molar-refractivity contribution in [3.63, 3.8) is 0 Å². The normalized spacial score (nSPS) is 15.4. The summed E-state index contributed by atoms with van der Waals surface area (Å²) in [5, 5.41) is 20.9. The van der Waals surface area contributed by atoms with Crippen LogP contribution in [0.4, 0.5) is 0 Å². The number of hydrogen-bond donors (Lipinski definition) is 4. The predicted molar refractivity (Wildman–Crippen MR) is 140 cm³/mol. The number of amidine groups is 1. The highest BCUT2D eigenvalue weighted by atomic mass is 15.0. The number of nitrogen functional groups attached to an aromatic ring is 1. The summed E-state index contributed by atoms with van der Waals surface area (Å²) in [5.74, 6) is -0.160. The van der Waals surface area contributed by atoms with Crippen molar-refractivity contribution >= 4 is 23.3 Å². The van der Waals surface area contributed by atoms with Crippen molar-refractivity contribution in [3.8, 4) is 0 Å². The van der Waals surface area contributed by atoms with Crippen LogP contribution in [-0.4, -0.2) is 11.5 Å².